The van der Waals surface area contributed by atoms with Crippen LogP contribution in [0, 0.1) is 0 Å². The molecule has 1 aliphatic carbocycles. The lowest BCUT2D eigenvalue weighted by atomic mass is 10.1. The second-order valence-corrected chi connectivity index (χ2v) is 5.71. The van der Waals surface area contributed by atoms with Crippen molar-refractivity contribution in [1.82, 2.24) is 5.32 Å². The summed E-state index contributed by atoms with van der Waals surface area (Å²) in [6.45, 7) is 7.35. The van der Waals surface area contributed by atoms with Gasteiger partial charge in [0.15, 0.2) is 5.78 Å². The summed E-state index contributed by atoms with van der Waals surface area (Å²) in [5.41, 5.74) is -1.36. The molecular formula is C13H23NO5. The predicted molar refractivity (Wildman–Crippen MR) is 68.2 cm³/mol. The summed E-state index contributed by atoms with van der Waals surface area (Å²) < 4.78 is 10.0. The highest BCUT2D eigenvalue weighted by Crippen LogP contribution is 2.38. The number of ether oxygens (including phenoxy) is 2. The number of Topliss-reactive ketones (excluding diaryl/α,β-unsaturated/α-hetero) is 1. The Balaban J connectivity index is 2.48. The van der Waals surface area contributed by atoms with Crippen LogP contribution < -0.4 is 5.32 Å². The fraction of sp³-hybridized carbons (Fsp3) is 0.846. The van der Waals surface area contributed by atoms with Crippen molar-refractivity contribution in [3.05, 3.63) is 0 Å². The molecule has 0 amide bonds. The predicted octanol–water partition coefficient (Wildman–Crippen LogP) is 0.722. The lowest BCUT2D eigenvalue weighted by molar-refractivity contribution is -0.188. The van der Waals surface area contributed by atoms with E-state index < -0.39 is 23.5 Å². The molecule has 1 aliphatic rings. The molecule has 0 bridgehead atoms. The van der Waals surface area contributed by atoms with E-state index in [2.05, 4.69) is 5.32 Å². The fourth-order valence-electron chi connectivity index (χ4n) is 1.74. The molecule has 0 heterocycles. The molecule has 19 heavy (non-hydrogen) atoms. The number of nitrogens with one attached hydrogen (secondary N) is 1. The number of carbonyl (C=O) groups excluding carboxylic acids is 2. The molecule has 6 nitrogen and oxygen atoms in total. The number of hydrogen-bond acceptors (Lipinski definition) is 6. The van der Waals surface area contributed by atoms with Crippen molar-refractivity contribution in [1.29, 1.82) is 0 Å². The van der Waals surface area contributed by atoms with E-state index in [1.165, 1.54) is 0 Å². The highest BCUT2D eigenvalue weighted by molar-refractivity contribution is 6.02. The van der Waals surface area contributed by atoms with Gasteiger partial charge in [-0.25, -0.2) is 0 Å². The van der Waals surface area contributed by atoms with Gasteiger partial charge in [-0.2, -0.15) is 0 Å². The zero-order valence-electron chi connectivity index (χ0n) is 12.0. The summed E-state index contributed by atoms with van der Waals surface area (Å²) >= 11 is 0. The van der Waals surface area contributed by atoms with Crippen LogP contribution in [0.5, 0.6) is 0 Å². The van der Waals surface area contributed by atoms with Gasteiger partial charge in [-0.15, -0.1) is 0 Å². The molecule has 1 fully saturated rings. The van der Waals surface area contributed by atoms with E-state index in [0.29, 0.717) is 12.8 Å². The monoisotopic (exact) mass is 273 g/mol. The Morgan fingerprint density at radius 1 is 1.37 bits per heavy atom. The van der Waals surface area contributed by atoms with Crippen LogP contribution in [0.4, 0.5) is 0 Å². The molecule has 0 radical (unpaired) electrons. The molecule has 0 aromatic rings. The molecule has 1 unspecified atom stereocenters. The molecular weight excluding hydrogens is 250 g/mol. The van der Waals surface area contributed by atoms with Gasteiger partial charge in [0.25, 0.3) is 0 Å². The first-order valence-corrected chi connectivity index (χ1v) is 6.51. The fourth-order valence-corrected chi connectivity index (χ4v) is 1.74. The summed E-state index contributed by atoms with van der Waals surface area (Å²) in [7, 11) is 0. The number of aliphatic hydroxyl groups is 1. The molecule has 1 rings (SSSR count). The van der Waals surface area contributed by atoms with Gasteiger partial charge in [-0.1, -0.05) is 0 Å². The van der Waals surface area contributed by atoms with Crippen LogP contribution in [-0.4, -0.2) is 41.0 Å². The SMILES string of the molecule is CCOC(=O)CC(=O)C1(NC(O)OC(C)(C)C)CC1. The van der Waals surface area contributed by atoms with Crippen LogP contribution in [-0.2, 0) is 19.1 Å². The highest BCUT2D eigenvalue weighted by atomic mass is 16.6. The second kappa shape index (κ2) is 5.98. The van der Waals surface area contributed by atoms with Crippen molar-refractivity contribution in [2.45, 2.75) is 64.5 Å². The maximum Gasteiger partial charge on any atom is 0.313 e. The number of esters is 1. The van der Waals surface area contributed by atoms with Crippen LogP contribution in [0.15, 0.2) is 0 Å². The lowest BCUT2D eigenvalue weighted by Gasteiger charge is -2.27. The van der Waals surface area contributed by atoms with E-state index >= 15 is 0 Å². The molecule has 0 spiro atoms. The summed E-state index contributed by atoms with van der Waals surface area (Å²) in [6, 6.07) is 0. The Morgan fingerprint density at radius 2 is 1.95 bits per heavy atom. The highest BCUT2D eigenvalue weighted by Gasteiger charge is 2.51. The average molecular weight is 273 g/mol. The Morgan fingerprint density at radius 3 is 2.37 bits per heavy atom. The molecule has 0 aromatic carbocycles. The van der Waals surface area contributed by atoms with Crippen LogP contribution >= 0.6 is 0 Å². The second-order valence-electron chi connectivity index (χ2n) is 5.71. The van der Waals surface area contributed by atoms with Crippen LogP contribution in [0.3, 0.4) is 0 Å². The maximum absolute atomic E-state index is 12.0. The third-order valence-corrected chi connectivity index (χ3v) is 2.76. The molecule has 1 saturated carbocycles. The van der Waals surface area contributed by atoms with Crippen molar-refractivity contribution in [3.8, 4) is 0 Å². The lowest BCUT2D eigenvalue weighted by Crippen LogP contribution is -2.49. The quantitative estimate of drug-likeness (QED) is 0.404. The van der Waals surface area contributed by atoms with Gasteiger partial charge in [0, 0.05) is 0 Å². The molecule has 1 atom stereocenters. The smallest absolute Gasteiger partial charge is 0.313 e. The van der Waals surface area contributed by atoms with Crippen molar-refractivity contribution < 1.29 is 24.2 Å². The van der Waals surface area contributed by atoms with Crippen molar-refractivity contribution in [2.24, 2.45) is 0 Å². The van der Waals surface area contributed by atoms with Crippen molar-refractivity contribution in [2.75, 3.05) is 6.61 Å². The third kappa shape index (κ3) is 5.26. The molecule has 0 saturated heterocycles. The van der Waals surface area contributed by atoms with Gasteiger partial charge >= 0.3 is 5.97 Å². The molecule has 110 valence electrons. The summed E-state index contributed by atoms with van der Waals surface area (Å²) in [4.78, 5) is 23.3. The summed E-state index contributed by atoms with van der Waals surface area (Å²) in [5.74, 6) is -0.797. The third-order valence-electron chi connectivity index (χ3n) is 2.76. The van der Waals surface area contributed by atoms with Gasteiger partial charge in [-0.05, 0) is 40.5 Å². The molecule has 0 aromatic heterocycles. The Kier molecular flexibility index (Phi) is 5.06. The minimum absolute atomic E-state index is 0.252. The minimum Gasteiger partial charge on any atom is -0.466 e. The molecule has 2 N–H and O–H groups in total. The first-order chi connectivity index (χ1) is 8.68. The van der Waals surface area contributed by atoms with Gasteiger partial charge < -0.3 is 14.6 Å². The first kappa shape index (κ1) is 16.1. The number of ketones is 1. The first-order valence-electron chi connectivity index (χ1n) is 6.51. The van der Waals surface area contributed by atoms with E-state index in [9.17, 15) is 14.7 Å². The summed E-state index contributed by atoms with van der Waals surface area (Å²) in [5, 5.41) is 12.5. The van der Waals surface area contributed by atoms with Crippen molar-refractivity contribution in [3.63, 3.8) is 0 Å². The van der Waals surface area contributed by atoms with Gasteiger partial charge in [0.2, 0.25) is 6.41 Å². The number of rotatable bonds is 7. The van der Waals surface area contributed by atoms with Crippen molar-refractivity contribution >= 4 is 11.8 Å². The van der Waals surface area contributed by atoms with Crippen LogP contribution in [0.25, 0.3) is 0 Å². The standard InChI is InChI=1S/C13H23NO5/c1-5-18-10(16)8-9(15)13(6-7-13)14-11(17)19-12(2,3)4/h11,14,17H,5-8H2,1-4H3. The van der Waals surface area contributed by atoms with E-state index in [-0.39, 0.29) is 18.8 Å². The molecule has 0 aliphatic heterocycles. The minimum atomic E-state index is -1.23. The van der Waals surface area contributed by atoms with Gasteiger partial charge in [0.05, 0.1) is 17.7 Å². The number of carbonyl (C=O) groups is 2. The summed E-state index contributed by atoms with van der Waals surface area (Å²) in [6.07, 6.45) is -0.317. The van der Waals surface area contributed by atoms with Gasteiger partial charge in [0.1, 0.15) is 6.42 Å². The van der Waals surface area contributed by atoms with Crippen LogP contribution in [0.2, 0.25) is 0 Å². The normalized spacial score (nSPS) is 18.8. The van der Waals surface area contributed by atoms with E-state index in [1.54, 1.807) is 27.7 Å². The Hall–Kier alpha value is -0.980. The Bertz CT molecular complexity index is 343. The zero-order valence-corrected chi connectivity index (χ0v) is 12.0. The zero-order chi connectivity index (χ0) is 14.7. The van der Waals surface area contributed by atoms with Crippen LogP contribution in [0.1, 0.15) is 47.0 Å². The van der Waals surface area contributed by atoms with Gasteiger partial charge in [-0.3, -0.25) is 14.9 Å². The average Bonchev–Trinajstić information content (AvgIpc) is 2.95. The number of aliphatic hydroxyl groups excluding tert-OH is 1. The van der Waals surface area contributed by atoms with E-state index in [1.807, 2.05) is 0 Å². The maximum atomic E-state index is 12.0. The van der Waals surface area contributed by atoms with E-state index in [0.717, 1.165) is 0 Å². The molecule has 6 heteroatoms. The number of hydrogen-bond donors (Lipinski definition) is 2. The topological polar surface area (TPSA) is 84.9 Å². The van der Waals surface area contributed by atoms with E-state index in [4.69, 9.17) is 9.47 Å². The largest absolute Gasteiger partial charge is 0.466 e. The Labute approximate surface area is 113 Å².